The van der Waals surface area contributed by atoms with E-state index < -0.39 is 12.7 Å². The van der Waals surface area contributed by atoms with Crippen LogP contribution in [0.5, 0.6) is 0 Å². The van der Waals surface area contributed by atoms with Crippen molar-refractivity contribution in [2.45, 2.75) is 6.18 Å². The highest BCUT2D eigenvalue weighted by molar-refractivity contribution is 5.94. The van der Waals surface area contributed by atoms with Crippen LogP contribution in [-0.4, -0.2) is 54.6 Å². The van der Waals surface area contributed by atoms with Gasteiger partial charge in [0.25, 0.3) is 0 Å². The van der Waals surface area contributed by atoms with Gasteiger partial charge >= 0.3 is 6.18 Å². The molecular formula is C12H16F3N5. The zero-order valence-electron chi connectivity index (χ0n) is 10.8. The molecule has 0 aromatic carbocycles. The van der Waals surface area contributed by atoms with Crippen molar-refractivity contribution in [1.82, 2.24) is 9.88 Å². The number of pyridine rings is 1. The Hall–Kier alpha value is -1.83. The molecule has 3 N–H and O–H groups in total. The Morgan fingerprint density at radius 1 is 1.25 bits per heavy atom. The first-order valence-electron chi connectivity index (χ1n) is 6.20. The van der Waals surface area contributed by atoms with E-state index in [1.165, 1.54) is 11.1 Å². The number of nitrogens with zero attached hydrogens (tertiary/aromatic N) is 3. The molecule has 0 unspecified atom stereocenters. The summed E-state index contributed by atoms with van der Waals surface area (Å²) in [6, 6.07) is 3.42. The molecule has 1 aliphatic heterocycles. The number of piperazine rings is 1. The van der Waals surface area contributed by atoms with Gasteiger partial charge in [0.15, 0.2) is 0 Å². The van der Waals surface area contributed by atoms with E-state index in [9.17, 15) is 13.2 Å². The molecule has 20 heavy (non-hydrogen) atoms. The van der Waals surface area contributed by atoms with Crippen LogP contribution in [0.4, 0.5) is 19.0 Å². The average molecular weight is 287 g/mol. The van der Waals surface area contributed by atoms with Gasteiger partial charge < -0.3 is 10.6 Å². The smallest absolute Gasteiger partial charge is 0.384 e. The van der Waals surface area contributed by atoms with E-state index in [1.807, 2.05) is 4.90 Å². The summed E-state index contributed by atoms with van der Waals surface area (Å²) in [5.74, 6) is 0.640. The number of alkyl halides is 3. The van der Waals surface area contributed by atoms with Crippen molar-refractivity contribution in [3.8, 4) is 0 Å². The van der Waals surface area contributed by atoms with E-state index in [2.05, 4.69) is 4.98 Å². The first-order chi connectivity index (χ1) is 9.35. The second-order valence-electron chi connectivity index (χ2n) is 4.70. The lowest BCUT2D eigenvalue weighted by Crippen LogP contribution is -2.49. The predicted molar refractivity (Wildman–Crippen MR) is 70.0 cm³/mol. The maximum absolute atomic E-state index is 12.3. The molecule has 0 aliphatic carbocycles. The number of nitrogens with two attached hydrogens (primary N) is 1. The van der Waals surface area contributed by atoms with Crippen LogP contribution < -0.4 is 10.6 Å². The largest absolute Gasteiger partial charge is 0.401 e. The zero-order chi connectivity index (χ0) is 14.8. The predicted octanol–water partition coefficient (Wildman–Crippen LogP) is 1.05. The molecule has 8 heteroatoms. The molecule has 1 aliphatic rings. The monoisotopic (exact) mass is 287 g/mol. The van der Waals surface area contributed by atoms with Crippen LogP contribution in [-0.2, 0) is 0 Å². The zero-order valence-corrected chi connectivity index (χ0v) is 10.8. The molecule has 1 fully saturated rings. The Balaban J connectivity index is 1.92. The van der Waals surface area contributed by atoms with Gasteiger partial charge in [0.05, 0.1) is 6.54 Å². The van der Waals surface area contributed by atoms with E-state index in [0.29, 0.717) is 37.6 Å². The van der Waals surface area contributed by atoms with Crippen molar-refractivity contribution in [3.05, 3.63) is 23.9 Å². The molecule has 0 spiro atoms. The maximum Gasteiger partial charge on any atom is 0.401 e. The fourth-order valence-electron chi connectivity index (χ4n) is 2.12. The number of nitrogens with one attached hydrogen (secondary N) is 1. The summed E-state index contributed by atoms with van der Waals surface area (Å²) in [5, 5.41) is 7.27. The average Bonchev–Trinajstić information content (AvgIpc) is 2.38. The highest BCUT2D eigenvalue weighted by Gasteiger charge is 2.32. The normalized spacial score (nSPS) is 17.2. The summed E-state index contributed by atoms with van der Waals surface area (Å²) in [6.07, 6.45) is -2.65. The number of amidine groups is 1. The fraction of sp³-hybridized carbons (Fsp3) is 0.500. The van der Waals surface area contributed by atoms with Gasteiger partial charge in [-0.1, -0.05) is 0 Å². The number of aromatic nitrogens is 1. The standard InChI is InChI=1S/C12H16F3N5/c13-12(14,15)8-19-3-5-20(6-4-19)10-2-1-9(7-18-10)11(16)17/h1-2,7H,3-6,8H2,(H3,16,17). The Morgan fingerprint density at radius 3 is 2.35 bits per heavy atom. The highest BCUT2D eigenvalue weighted by Crippen LogP contribution is 2.19. The molecule has 5 nitrogen and oxygen atoms in total. The molecule has 1 aromatic rings. The molecule has 0 bridgehead atoms. The molecule has 110 valence electrons. The summed E-state index contributed by atoms with van der Waals surface area (Å²) in [6.45, 7) is 0.855. The van der Waals surface area contributed by atoms with Crippen LogP contribution in [0.2, 0.25) is 0 Å². The molecule has 0 saturated carbocycles. The Kier molecular flexibility index (Phi) is 4.12. The minimum atomic E-state index is -4.15. The Labute approximate surface area is 114 Å². The number of hydrogen-bond donors (Lipinski definition) is 2. The first-order valence-corrected chi connectivity index (χ1v) is 6.20. The summed E-state index contributed by atoms with van der Waals surface area (Å²) < 4.78 is 36.8. The third kappa shape index (κ3) is 3.83. The minimum Gasteiger partial charge on any atom is -0.384 e. The highest BCUT2D eigenvalue weighted by atomic mass is 19.4. The topological polar surface area (TPSA) is 69.2 Å². The molecule has 1 saturated heterocycles. The second-order valence-corrected chi connectivity index (χ2v) is 4.70. The Bertz CT molecular complexity index is 463. The van der Waals surface area contributed by atoms with Crippen LogP contribution >= 0.6 is 0 Å². The van der Waals surface area contributed by atoms with Gasteiger partial charge in [0.1, 0.15) is 11.7 Å². The number of hydrogen-bond acceptors (Lipinski definition) is 4. The van der Waals surface area contributed by atoms with Crippen molar-refractivity contribution in [2.24, 2.45) is 5.73 Å². The molecule has 2 heterocycles. The maximum atomic E-state index is 12.3. The van der Waals surface area contributed by atoms with Gasteiger partial charge in [-0.15, -0.1) is 0 Å². The number of halogens is 3. The Morgan fingerprint density at radius 2 is 1.90 bits per heavy atom. The van der Waals surface area contributed by atoms with Crippen molar-refractivity contribution in [1.29, 1.82) is 5.41 Å². The minimum absolute atomic E-state index is 0.0564. The van der Waals surface area contributed by atoms with Gasteiger partial charge in [-0.2, -0.15) is 13.2 Å². The molecule has 0 amide bonds. The quantitative estimate of drug-likeness (QED) is 0.644. The van der Waals surface area contributed by atoms with Crippen LogP contribution in [0, 0.1) is 5.41 Å². The summed E-state index contributed by atoms with van der Waals surface area (Å²) in [7, 11) is 0. The van der Waals surface area contributed by atoms with Crippen LogP contribution in [0.25, 0.3) is 0 Å². The number of rotatable bonds is 3. The lowest BCUT2D eigenvalue weighted by molar-refractivity contribution is -0.146. The van der Waals surface area contributed by atoms with Crippen molar-refractivity contribution in [3.63, 3.8) is 0 Å². The van der Waals surface area contributed by atoms with Gasteiger partial charge in [-0.05, 0) is 12.1 Å². The third-order valence-corrected chi connectivity index (χ3v) is 3.16. The first kappa shape index (κ1) is 14.6. The summed E-state index contributed by atoms with van der Waals surface area (Å²) >= 11 is 0. The number of nitrogen functional groups attached to an aromatic ring is 1. The molecule has 2 rings (SSSR count). The summed E-state index contributed by atoms with van der Waals surface area (Å²) in [5.41, 5.74) is 5.87. The van der Waals surface area contributed by atoms with Crippen LogP contribution in [0.3, 0.4) is 0 Å². The SMILES string of the molecule is N=C(N)c1ccc(N2CCN(CC(F)(F)F)CC2)nc1. The summed E-state index contributed by atoms with van der Waals surface area (Å²) in [4.78, 5) is 7.50. The van der Waals surface area contributed by atoms with Crippen molar-refractivity contribution >= 4 is 11.7 Å². The second kappa shape index (κ2) is 5.66. The van der Waals surface area contributed by atoms with E-state index in [4.69, 9.17) is 11.1 Å². The number of anilines is 1. The van der Waals surface area contributed by atoms with E-state index in [-0.39, 0.29) is 5.84 Å². The molecule has 0 radical (unpaired) electrons. The molecule has 0 atom stereocenters. The third-order valence-electron chi connectivity index (χ3n) is 3.16. The van der Waals surface area contributed by atoms with Crippen LogP contribution in [0.1, 0.15) is 5.56 Å². The molecular weight excluding hydrogens is 271 g/mol. The van der Waals surface area contributed by atoms with Gasteiger partial charge in [-0.25, -0.2) is 4.98 Å². The van der Waals surface area contributed by atoms with Gasteiger partial charge in [-0.3, -0.25) is 10.3 Å². The van der Waals surface area contributed by atoms with Gasteiger partial charge in [0.2, 0.25) is 0 Å². The van der Waals surface area contributed by atoms with E-state index in [1.54, 1.807) is 12.1 Å². The lowest BCUT2D eigenvalue weighted by Gasteiger charge is -2.35. The van der Waals surface area contributed by atoms with Crippen LogP contribution in [0.15, 0.2) is 18.3 Å². The van der Waals surface area contributed by atoms with Gasteiger partial charge in [0, 0.05) is 37.9 Å². The van der Waals surface area contributed by atoms with Crippen molar-refractivity contribution in [2.75, 3.05) is 37.6 Å². The van der Waals surface area contributed by atoms with Crippen molar-refractivity contribution < 1.29 is 13.2 Å². The fourth-order valence-corrected chi connectivity index (χ4v) is 2.12. The lowest BCUT2D eigenvalue weighted by atomic mass is 10.2. The van der Waals surface area contributed by atoms with E-state index in [0.717, 1.165) is 0 Å². The molecule has 1 aromatic heterocycles. The van der Waals surface area contributed by atoms with E-state index >= 15 is 0 Å².